The van der Waals surface area contributed by atoms with Crippen LogP contribution in [0, 0.1) is 12.7 Å². The Labute approximate surface area is 91.9 Å². The van der Waals surface area contributed by atoms with Crippen LogP contribution in [-0.2, 0) is 0 Å². The summed E-state index contributed by atoms with van der Waals surface area (Å²) in [5.41, 5.74) is 1.57. The summed E-state index contributed by atoms with van der Waals surface area (Å²) in [6, 6.07) is 4.54. The first-order valence-corrected chi connectivity index (χ1v) is 4.81. The van der Waals surface area contributed by atoms with Crippen molar-refractivity contribution in [3.05, 3.63) is 41.3 Å². The molecule has 2 rings (SSSR count). The van der Waals surface area contributed by atoms with E-state index in [1.807, 2.05) is 0 Å². The number of hydrogen-bond donors (Lipinski definition) is 0. The maximum absolute atomic E-state index is 13.1. The molecule has 0 spiro atoms. The first kappa shape index (κ1) is 10.5. The fourth-order valence-electron chi connectivity index (χ4n) is 1.48. The van der Waals surface area contributed by atoms with Gasteiger partial charge in [0, 0.05) is 5.56 Å². The van der Waals surface area contributed by atoms with E-state index in [0.29, 0.717) is 22.5 Å². The summed E-state index contributed by atoms with van der Waals surface area (Å²) in [6.45, 7) is 3.09. The number of aryl methyl sites for hydroxylation is 1. The normalized spacial score (nSPS) is 10.4. The molecule has 2 aromatic rings. The van der Waals surface area contributed by atoms with Crippen LogP contribution >= 0.6 is 0 Å². The Balaban J connectivity index is 2.54. The second-order valence-corrected chi connectivity index (χ2v) is 3.59. The quantitative estimate of drug-likeness (QED) is 0.729. The van der Waals surface area contributed by atoms with Crippen molar-refractivity contribution >= 4 is 5.78 Å². The van der Waals surface area contributed by atoms with Crippen molar-refractivity contribution in [1.29, 1.82) is 0 Å². The molecule has 0 N–H and O–H groups in total. The van der Waals surface area contributed by atoms with E-state index in [-0.39, 0.29) is 11.6 Å². The highest BCUT2D eigenvalue weighted by Gasteiger charge is 2.14. The number of hydrogen-bond acceptors (Lipinski definition) is 3. The summed E-state index contributed by atoms with van der Waals surface area (Å²) in [5.74, 6) is -0.0264. The molecule has 4 heteroatoms. The van der Waals surface area contributed by atoms with Crippen LogP contribution in [0.5, 0.6) is 0 Å². The SMILES string of the molecule is CC(=O)c1cnoc1-c1ccc(F)c(C)c1. The molecule has 16 heavy (non-hydrogen) atoms. The van der Waals surface area contributed by atoms with E-state index in [1.54, 1.807) is 19.1 Å². The van der Waals surface area contributed by atoms with Gasteiger partial charge in [0.25, 0.3) is 0 Å². The van der Waals surface area contributed by atoms with E-state index in [9.17, 15) is 9.18 Å². The predicted molar refractivity (Wildman–Crippen MR) is 56.6 cm³/mol. The van der Waals surface area contributed by atoms with Crippen LogP contribution in [0.4, 0.5) is 4.39 Å². The fraction of sp³-hybridized carbons (Fsp3) is 0.167. The summed E-state index contributed by atoms with van der Waals surface area (Å²) in [5, 5.41) is 3.58. The second-order valence-electron chi connectivity index (χ2n) is 3.59. The maximum atomic E-state index is 13.1. The van der Waals surface area contributed by atoms with Crippen LogP contribution in [0.1, 0.15) is 22.8 Å². The number of nitrogens with zero attached hydrogens (tertiary/aromatic N) is 1. The van der Waals surface area contributed by atoms with Gasteiger partial charge in [-0.3, -0.25) is 4.79 Å². The minimum absolute atomic E-state index is 0.127. The second kappa shape index (κ2) is 3.89. The summed E-state index contributed by atoms with van der Waals surface area (Å²) in [7, 11) is 0. The lowest BCUT2D eigenvalue weighted by Crippen LogP contribution is -1.92. The van der Waals surface area contributed by atoms with Crippen LogP contribution in [0.15, 0.2) is 28.9 Å². The van der Waals surface area contributed by atoms with Crippen molar-refractivity contribution in [2.45, 2.75) is 13.8 Å². The van der Waals surface area contributed by atoms with Gasteiger partial charge in [0.05, 0.1) is 11.8 Å². The van der Waals surface area contributed by atoms with E-state index < -0.39 is 0 Å². The monoisotopic (exact) mass is 219 g/mol. The van der Waals surface area contributed by atoms with Crippen LogP contribution in [0.3, 0.4) is 0 Å². The van der Waals surface area contributed by atoms with Crippen molar-refractivity contribution in [2.75, 3.05) is 0 Å². The molecule has 0 radical (unpaired) electrons. The van der Waals surface area contributed by atoms with Gasteiger partial charge in [-0.2, -0.15) is 0 Å². The van der Waals surface area contributed by atoms with Gasteiger partial charge in [0.15, 0.2) is 11.5 Å². The zero-order chi connectivity index (χ0) is 11.7. The van der Waals surface area contributed by atoms with Gasteiger partial charge in [-0.15, -0.1) is 0 Å². The van der Waals surface area contributed by atoms with Crippen LogP contribution in [0.2, 0.25) is 0 Å². The minimum atomic E-state index is -0.285. The highest BCUT2D eigenvalue weighted by atomic mass is 19.1. The van der Waals surface area contributed by atoms with Gasteiger partial charge >= 0.3 is 0 Å². The molecule has 0 fully saturated rings. The number of Topliss-reactive ketones (excluding diaryl/α,β-unsaturated/α-hetero) is 1. The zero-order valence-corrected chi connectivity index (χ0v) is 8.95. The smallest absolute Gasteiger partial charge is 0.177 e. The molecule has 0 bridgehead atoms. The first-order chi connectivity index (χ1) is 7.59. The molecule has 0 saturated carbocycles. The van der Waals surface area contributed by atoms with E-state index >= 15 is 0 Å². The summed E-state index contributed by atoms with van der Waals surface area (Å²) >= 11 is 0. The molecule has 0 aliphatic rings. The highest BCUT2D eigenvalue weighted by Crippen LogP contribution is 2.25. The van der Waals surface area contributed by atoms with Gasteiger partial charge in [0.1, 0.15) is 5.82 Å². The van der Waals surface area contributed by atoms with Crippen LogP contribution in [-0.4, -0.2) is 10.9 Å². The minimum Gasteiger partial charge on any atom is -0.356 e. The number of carbonyl (C=O) groups excluding carboxylic acids is 1. The van der Waals surface area contributed by atoms with Crippen molar-refractivity contribution in [2.24, 2.45) is 0 Å². The molecule has 0 aliphatic heterocycles. The summed E-state index contributed by atoms with van der Waals surface area (Å²) < 4.78 is 18.1. The van der Waals surface area contributed by atoms with E-state index in [4.69, 9.17) is 4.52 Å². The lowest BCUT2D eigenvalue weighted by atomic mass is 10.0. The average Bonchev–Trinajstić information content (AvgIpc) is 2.71. The Morgan fingerprint density at radius 3 is 2.81 bits per heavy atom. The van der Waals surface area contributed by atoms with Crippen molar-refractivity contribution in [3.8, 4) is 11.3 Å². The molecule has 0 aliphatic carbocycles. The molecule has 0 unspecified atom stereocenters. The Morgan fingerprint density at radius 1 is 1.44 bits per heavy atom. The lowest BCUT2D eigenvalue weighted by Gasteiger charge is -2.01. The number of benzene rings is 1. The Kier molecular flexibility index (Phi) is 2.56. The number of ketones is 1. The molecule has 0 atom stereocenters. The molecule has 3 nitrogen and oxygen atoms in total. The van der Waals surface area contributed by atoms with Gasteiger partial charge in [-0.25, -0.2) is 4.39 Å². The standard InChI is InChI=1S/C12H10FNO2/c1-7-5-9(3-4-11(7)13)12-10(8(2)15)6-14-16-12/h3-6H,1-2H3. The molecule has 0 saturated heterocycles. The Hall–Kier alpha value is -1.97. The van der Waals surface area contributed by atoms with E-state index in [2.05, 4.69) is 5.16 Å². The predicted octanol–water partition coefficient (Wildman–Crippen LogP) is 2.99. The molecular formula is C12H10FNO2. The van der Waals surface area contributed by atoms with Crippen molar-refractivity contribution in [1.82, 2.24) is 5.16 Å². The summed E-state index contributed by atoms with van der Waals surface area (Å²) in [6.07, 6.45) is 1.37. The number of halogens is 1. The van der Waals surface area contributed by atoms with Crippen molar-refractivity contribution < 1.29 is 13.7 Å². The molecule has 0 amide bonds. The topological polar surface area (TPSA) is 43.1 Å². The third kappa shape index (κ3) is 1.74. The maximum Gasteiger partial charge on any atom is 0.177 e. The van der Waals surface area contributed by atoms with Crippen LogP contribution < -0.4 is 0 Å². The van der Waals surface area contributed by atoms with Crippen molar-refractivity contribution in [3.63, 3.8) is 0 Å². The number of rotatable bonds is 2. The molecule has 1 aromatic carbocycles. The van der Waals surface area contributed by atoms with E-state index in [0.717, 1.165) is 0 Å². The molecule has 82 valence electrons. The Bertz CT molecular complexity index is 546. The van der Waals surface area contributed by atoms with Gasteiger partial charge < -0.3 is 4.52 Å². The largest absolute Gasteiger partial charge is 0.356 e. The fourth-order valence-corrected chi connectivity index (χ4v) is 1.48. The summed E-state index contributed by atoms with van der Waals surface area (Å²) in [4.78, 5) is 11.3. The first-order valence-electron chi connectivity index (χ1n) is 4.81. The zero-order valence-electron chi connectivity index (χ0n) is 8.95. The third-order valence-corrected chi connectivity index (χ3v) is 2.37. The number of aromatic nitrogens is 1. The Morgan fingerprint density at radius 2 is 2.19 bits per heavy atom. The van der Waals surface area contributed by atoms with Gasteiger partial charge in [-0.05, 0) is 37.6 Å². The third-order valence-electron chi connectivity index (χ3n) is 2.37. The van der Waals surface area contributed by atoms with E-state index in [1.165, 1.54) is 19.2 Å². The molecule has 1 aromatic heterocycles. The lowest BCUT2D eigenvalue weighted by molar-refractivity contribution is 0.101. The van der Waals surface area contributed by atoms with Gasteiger partial charge in [-0.1, -0.05) is 5.16 Å². The molecule has 1 heterocycles. The van der Waals surface area contributed by atoms with Crippen LogP contribution in [0.25, 0.3) is 11.3 Å². The molecular weight excluding hydrogens is 209 g/mol. The number of carbonyl (C=O) groups is 1. The highest BCUT2D eigenvalue weighted by molar-refractivity contribution is 5.99. The van der Waals surface area contributed by atoms with Gasteiger partial charge in [0.2, 0.25) is 0 Å². The average molecular weight is 219 g/mol.